The minimum Gasteiger partial charge on any atom is -0.325 e. The predicted octanol–water partition coefficient (Wildman–Crippen LogP) is 0.189. The van der Waals surface area contributed by atoms with E-state index in [1.54, 1.807) is 30.3 Å². The minimum atomic E-state index is -3.53. The number of nitrogens with two attached hydrogens (primary N) is 1. The Hall–Kier alpha value is -1.70. The van der Waals surface area contributed by atoms with E-state index in [2.05, 4.69) is 17.2 Å². The first-order valence-corrected chi connectivity index (χ1v) is 7.33. The first kappa shape index (κ1) is 15.4. The Morgan fingerprint density at radius 2 is 1.95 bits per heavy atom. The van der Waals surface area contributed by atoms with Crippen LogP contribution in [-0.2, 0) is 20.6 Å². The number of benzene rings is 1. The minimum absolute atomic E-state index is 0.180. The van der Waals surface area contributed by atoms with Crippen LogP contribution in [0, 0.1) is 0 Å². The van der Waals surface area contributed by atoms with E-state index in [0.29, 0.717) is 17.8 Å². The van der Waals surface area contributed by atoms with Gasteiger partial charge in [0, 0.05) is 12.2 Å². The van der Waals surface area contributed by atoms with E-state index in [4.69, 9.17) is 5.14 Å². The number of hydrogen-bond donors (Lipinski definition) is 3. The molecule has 104 valence electrons. The van der Waals surface area contributed by atoms with Crippen molar-refractivity contribution in [1.29, 1.82) is 0 Å². The van der Waals surface area contributed by atoms with Crippen LogP contribution < -0.4 is 15.8 Å². The molecule has 0 aliphatic carbocycles. The van der Waals surface area contributed by atoms with Crippen molar-refractivity contribution >= 4 is 21.6 Å². The number of amides is 1. The summed E-state index contributed by atoms with van der Waals surface area (Å²) in [6.07, 6.45) is 1.66. The van der Waals surface area contributed by atoms with Crippen LogP contribution in [0.5, 0.6) is 0 Å². The molecule has 6 nitrogen and oxygen atoms in total. The standard InChI is InChI=1S/C12H17N3O3S/c1-2-7-14-8-12(16)15-11-5-3-10(4-6-11)9-19(13,17)18/h2-6,14H,1,7-9H2,(H,15,16)(H2,13,17,18). The van der Waals surface area contributed by atoms with E-state index in [1.807, 2.05) is 0 Å². The molecule has 0 heterocycles. The van der Waals surface area contributed by atoms with Gasteiger partial charge in [-0.1, -0.05) is 18.2 Å². The summed E-state index contributed by atoms with van der Waals surface area (Å²) in [6, 6.07) is 6.48. The molecular formula is C12H17N3O3S. The Kier molecular flexibility index (Phi) is 5.68. The summed E-state index contributed by atoms with van der Waals surface area (Å²) in [5, 5.41) is 10.5. The molecule has 1 aromatic rings. The Labute approximate surface area is 112 Å². The van der Waals surface area contributed by atoms with Crippen molar-refractivity contribution in [2.45, 2.75) is 5.75 Å². The molecular weight excluding hydrogens is 266 g/mol. The van der Waals surface area contributed by atoms with Gasteiger partial charge >= 0.3 is 0 Å². The number of hydrogen-bond acceptors (Lipinski definition) is 4. The lowest BCUT2D eigenvalue weighted by molar-refractivity contribution is -0.115. The number of rotatable bonds is 7. The SMILES string of the molecule is C=CCNCC(=O)Nc1ccc(CS(N)(=O)=O)cc1. The van der Waals surface area contributed by atoms with Crippen LogP contribution in [0.15, 0.2) is 36.9 Å². The van der Waals surface area contributed by atoms with Crippen molar-refractivity contribution in [2.75, 3.05) is 18.4 Å². The number of anilines is 1. The van der Waals surface area contributed by atoms with Gasteiger partial charge in [-0.25, -0.2) is 13.6 Å². The molecule has 0 radical (unpaired) electrons. The number of carbonyl (C=O) groups excluding carboxylic acids is 1. The molecule has 19 heavy (non-hydrogen) atoms. The average Bonchev–Trinajstić information content (AvgIpc) is 2.30. The molecule has 0 bridgehead atoms. The summed E-state index contributed by atoms with van der Waals surface area (Å²) in [5.74, 6) is -0.400. The van der Waals surface area contributed by atoms with E-state index in [0.717, 1.165) is 0 Å². The highest BCUT2D eigenvalue weighted by molar-refractivity contribution is 7.88. The number of sulfonamides is 1. The van der Waals surface area contributed by atoms with E-state index in [-0.39, 0.29) is 18.2 Å². The van der Waals surface area contributed by atoms with E-state index in [9.17, 15) is 13.2 Å². The number of primary sulfonamides is 1. The molecule has 4 N–H and O–H groups in total. The van der Waals surface area contributed by atoms with Crippen molar-refractivity contribution in [3.8, 4) is 0 Å². The molecule has 0 aromatic heterocycles. The van der Waals surface area contributed by atoms with Crippen LogP contribution in [0.25, 0.3) is 0 Å². The highest BCUT2D eigenvalue weighted by Crippen LogP contribution is 2.10. The van der Waals surface area contributed by atoms with Crippen molar-refractivity contribution in [1.82, 2.24) is 5.32 Å². The lowest BCUT2D eigenvalue weighted by atomic mass is 10.2. The molecule has 0 aliphatic heterocycles. The Morgan fingerprint density at radius 3 is 2.47 bits per heavy atom. The van der Waals surface area contributed by atoms with E-state index in [1.165, 1.54) is 0 Å². The molecule has 0 saturated heterocycles. The van der Waals surface area contributed by atoms with Gasteiger partial charge in [0.25, 0.3) is 0 Å². The second kappa shape index (κ2) is 7.03. The zero-order valence-electron chi connectivity index (χ0n) is 10.4. The quantitative estimate of drug-likeness (QED) is 0.491. The largest absolute Gasteiger partial charge is 0.325 e. The van der Waals surface area contributed by atoms with Gasteiger partial charge in [0.15, 0.2) is 0 Å². The van der Waals surface area contributed by atoms with Crippen molar-refractivity contribution in [2.24, 2.45) is 5.14 Å². The summed E-state index contributed by atoms with van der Waals surface area (Å²) >= 11 is 0. The van der Waals surface area contributed by atoms with Gasteiger partial charge in [-0.05, 0) is 17.7 Å². The fourth-order valence-electron chi connectivity index (χ4n) is 1.41. The number of carbonyl (C=O) groups is 1. The van der Waals surface area contributed by atoms with Gasteiger partial charge in [0.05, 0.1) is 12.3 Å². The van der Waals surface area contributed by atoms with E-state index >= 15 is 0 Å². The van der Waals surface area contributed by atoms with Crippen LogP contribution in [0.4, 0.5) is 5.69 Å². The summed E-state index contributed by atoms with van der Waals surface area (Å²) in [4.78, 5) is 11.5. The maximum absolute atomic E-state index is 11.5. The van der Waals surface area contributed by atoms with Crippen molar-refractivity contribution in [3.63, 3.8) is 0 Å². The Bertz CT molecular complexity index is 538. The smallest absolute Gasteiger partial charge is 0.238 e. The third-order valence-corrected chi connectivity index (χ3v) is 2.92. The predicted molar refractivity (Wildman–Crippen MR) is 74.9 cm³/mol. The Morgan fingerprint density at radius 1 is 1.32 bits per heavy atom. The van der Waals surface area contributed by atoms with Gasteiger partial charge < -0.3 is 10.6 Å². The molecule has 0 aliphatic rings. The lowest BCUT2D eigenvalue weighted by Gasteiger charge is -2.06. The second-order valence-corrected chi connectivity index (χ2v) is 5.59. The summed E-state index contributed by atoms with van der Waals surface area (Å²) in [7, 11) is -3.53. The van der Waals surface area contributed by atoms with Crippen molar-refractivity contribution in [3.05, 3.63) is 42.5 Å². The highest BCUT2D eigenvalue weighted by atomic mass is 32.2. The molecule has 0 saturated carbocycles. The molecule has 0 unspecified atom stereocenters. The van der Waals surface area contributed by atoms with Gasteiger partial charge in [-0.2, -0.15) is 0 Å². The van der Waals surface area contributed by atoms with Gasteiger partial charge in [-0.15, -0.1) is 6.58 Å². The first-order chi connectivity index (χ1) is 8.90. The summed E-state index contributed by atoms with van der Waals surface area (Å²) < 4.78 is 21.8. The zero-order valence-corrected chi connectivity index (χ0v) is 11.2. The fourth-order valence-corrected chi connectivity index (χ4v) is 2.07. The normalized spacial score (nSPS) is 11.0. The fraction of sp³-hybridized carbons (Fsp3) is 0.250. The monoisotopic (exact) mass is 283 g/mol. The molecule has 0 atom stereocenters. The second-order valence-electron chi connectivity index (χ2n) is 3.97. The third kappa shape index (κ3) is 6.70. The highest BCUT2D eigenvalue weighted by Gasteiger charge is 2.05. The molecule has 0 spiro atoms. The van der Waals surface area contributed by atoms with Crippen LogP contribution in [-0.4, -0.2) is 27.4 Å². The van der Waals surface area contributed by atoms with Crippen molar-refractivity contribution < 1.29 is 13.2 Å². The van der Waals surface area contributed by atoms with Gasteiger partial charge in [0.2, 0.25) is 15.9 Å². The molecule has 1 aromatic carbocycles. The first-order valence-electron chi connectivity index (χ1n) is 5.61. The zero-order chi connectivity index (χ0) is 14.3. The lowest BCUT2D eigenvalue weighted by Crippen LogP contribution is -2.28. The van der Waals surface area contributed by atoms with Gasteiger partial charge in [0.1, 0.15) is 0 Å². The molecule has 1 rings (SSSR count). The maximum Gasteiger partial charge on any atom is 0.238 e. The summed E-state index contributed by atoms with van der Waals surface area (Å²) in [6.45, 7) is 4.27. The topological polar surface area (TPSA) is 101 Å². The maximum atomic E-state index is 11.5. The van der Waals surface area contributed by atoms with Crippen LogP contribution >= 0.6 is 0 Å². The molecule has 0 fully saturated rings. The van der Waals surface area contributed by atoms with Gasteiger partial charge in [-0.3, -0.25) is 4.79 Å². The van der Waals surface area contributed by atoms with Crippen LogP contribution in [0.1, 0.15) is 5.56 Å². The molecule has 1 amide bonds. The summed E-state index contributed by atoms with van der Waals surface area (Å²) in [5.41, 5.74) is 1.17. The van der Waals surface area contributed by atoms with Crippen LogP contribution in [0.2, 0.25) is 0 Å². The molecule has 7 heteroatoms. The Balaban J connectivity index is 2.52. The average molecular weight is 283 g/mol. The number of nitrogens with one attached hydrogen (secondary N) is 2. The van der Waals surface area contributed by atoms with Crippen LogP contribution in [0.3, 0.4) is 0 Å². The van der Waals surface area contributed by atoms with E-state index < -0.39 is 10.0 Å². The third-order valence-electron chi connectivity index (χ3n) is 2.18.